The van der Waals surface area contributed by atoms with Crippen LogP contribution in [0.1, 0.15) is 13.8 Å². The fraction of sp³-hybridized carbons (Fsp3) is 0.857. The number of carbonyl (C=O) groups is 1. The summed E-state index contributed by atoms with van der Waals surface area (Å²) in [5.74, 6) is -1.05. The molecule has 0 aromatic carbocycles. The number of urea groups is 1. The molecule has 88 valence electrons. The Balaban J connectivity index is 2.79. The largest absolute Gasteiger partial charge is 0.371 e. The molecule has 0 aliphatic carbocycles. The Labute approximate surface area is 87.7 Å². The topological polar surface area (TPSA) is 96.9 Å². The molecular formula is C7H15N2O5P. The van der Waals surface area contributed by atoms with E-state index in [2.05, 4.69) is 10.6 Å². The molecule has 8 heteroatoms. The molecule has 2 amide bonds. The Morgan fingerprint density at radius 2 is 1.87 bits per heavy atom. The maximum Gasteiger partial charge on any atom is 0.357 e. The van der Waals surface area contributed by atoms with Crippen molar-refractivity contribution in [3.05, 3.63) is 0 Å². The minimum absolute atomic E-state index is 0.177. The number of hydrogen-bond donors (Lipinski definition) is 3. The van der Waals surface area contributed by atoms with Crippen LogP contribution in [-0.4, -0.2) is 36.4 Å². The van der Waals surface area contributed by atoms with E-state index in [1.807, 2.05) is 0 Å². The van der Waals surface area contributed by atoms with Crippen molar-refractivity contribution in [2.75, 3.05) is 13.2 Å². The highest BCUT2D eigenvalue weighted by atomic mass is 31.2. The lowest BCUT2D eigenvalue weighted by atomic mass is 10.6. The Morgan fingerprint density at radius 3 is 2.20 bits per heavy atom. The normalized spacial score (nSPS) is 26.2. The quantitative estimate of drug-likeness (QED) is 0.595. The number of aliphatic hydroxyl groups excluding tert-OH is 1. The lowest BCUT2D eigenvalue weighted by Gasteiger charge is -2.23. The molecule has 1 rings (SSSR count). The highest BCUT2D eigenvalue weighted by Crippen LogP contribution is 2.53. The molecule has 2 atom stereocenters. The van der Waals surface area contributed by atoms with Gasteiger partial charge >= 0.3 is 13.6 Å². The minimum atomic E-state index is -3.50. The summed E-state index contributed by atoms with van der Waals surface area (Å²) in [7, 11) is -3.50. The van der Waals surface area contributed by atoms with Crippen molar-refractivity contribution < 1.29 is 23.5 Å². The maximum atomic E-state index is 12.1. The standard InChI is InChI=1S/C7H15N2O5P/c1-3-13-15(12,14-4-2)6-5(10)8-7(11)9-6/h5-6,10H,3-4H2,1-2H3,(H2,8,9,11)/t5-,6+/m1/s1. The molecule has 3 N–H and O–H groups in total. The number of amides is 2. The molecule has 0 radical (unpaired) electrons. The van der Waals surface area contributed by atoms with E-state index in [9.17, 15) is 14.5 Å². The molecule has 1 heterocycles. The van der Waals surface area contributed by atoms with E-state index in [-0.39, 0.29) is 13.2 Å². The van der Waals surface area contributed by atoms with Gasteiger partial charge in [0.15, 0.2) is 12.0 Å². The predicted molar refractivity (Wildman–Crippen MR) is 52.3 cm³/mol. The first-order chi connectivity index (χ1) is 7.03. The van der Waals surface area contributed by atoms with Crippen LogP contribution in [0, 0.1) is 0 Å². The van der Waals surface area contributed by atoms with Gasteiger partial charge in [-0.1, -0.05) is 0 Å². The number of nitrogens with one attached hydrogen (secondary N) is 2. The zero-order chi connectivity index (χ0) is 11.5. The van der Waals surface area contributed by atoms with Crippen molar-refractivity contribution >= 4 is 13.6 Å². The van der Waals surface area contributed by atoms with Crippen LogP contribution in [0.15, 0.2) is 0 Å². The maximum absolute atomic E-state index is 12.1. The Hall–Kier alpha value is -0.620. The van der Waals surface area contributed by atoms with Gasteiger partial charge in [-0.3, -0.25) is 4.57 Å². The van der Waals surface area contributed by atoms with E-state index in [4.69, 9.17) is 9.05 Å². The first kappa shape index (κ1) is 12.4. The molecule has 0 aromatic heterocycles. The van der Waals surface area contributed by atoms with Gasteiger partial charge in [0.05, 0.1) is 13.2 Å². The highest BCUT2D eigenvalue weighted by Gasteiger charge is 2.46. The number of rotatable bonds is 5. The Kier molecular flexibility index (Phi) is 4.10. The monoisotopic (exact) mass is 238 g/mol. The minimum Gasteiger partial charge on any atom is -0.371 e. The van der Waals surface area contributed by atoms with Crippen molar-refractivity contribution in [3.63, 3.8) is 0 Å². The molecule has 1 aliphatic heterocycles. The van der Waals surface area contributed by atoms with Crippen LogP contribution in [0.25, 0.3) is 0 Å². The van der Waals surface area contributed by atoms with Crippen LogP contribution < -0.4 is 10.6 Å². The second-order valence-corrected chi connectivity index (χ2v) is 5.04. The van der Waals surface area contributed by atoms with E-state index in [1.54, 1.807) is 13.8 Å². The molecule has 1 aliphatic rings. The van der Waals surface area contributed by atoms with E-state index in [1.165, 1.54) is 0 Å². The van der Waals surface area contributed by atoms with Crippen LogP contribution in [0.3, 0.4) is 0 Å². The molecule has 0 saturated carbocycles. The highest BCUT2D eigenvalue weighted by molar-refractivity contribution is 7.54. The van der Waals surface area contributed by atoms with Gasteiger partial charge in [0.25, 0.3) is 0 Å². The lowest BCUT2D eigenvalue weighted by Crippen LogP contribution is -2.34. The Morgan fingerprint density at radius 1 is 1.33 bits per heavy atom. The fourth-order valence-electron chi connectivity index (χ4n) is 1.28. The third kappa shape index (κ3) is 2.69. The zero-order valence-electron chi connectivity index (χ0n) is 8.60. The second kappa shape index (κ2) is 4.94. The SMILES string of the molecule is CCOP(=O)(OCC)[C@@H]1NC(=O)N[C@@H]1O. The van der Waals surface area contributed by atoms with Crippen LogP contribution in [-0.2, 0) is 13.6 Å². The van der Waals surface area contributed by atoms with Gasteiger partial charge in [0, 0.05) is 0 Å². The number of hydrogen-bond acceptors (Lipinski definition) is 5. The summed E-state index contributed by atoms with van der Waals surface area (Å²) in [6.45, 7) is 3.66. The average Bonchev–Trinajstić information content (AvgIpc) is 2.46. The predicted octanol–water partition coefficient (Wildman–Crippen LogP) is 0.210. The van der Waals surface area contributed by atoms with Gasteiger partial charge in [-0.15, -0.1) is 0 Å². The zero-order valence-corrected chi connectivity index (χ0v) is 9.49. The summed E-state index contributed by atoms with van der Waals surface area (Å²) in [5.41, 5.74) is 0. The first-order valence-corrected chi connectivity index (χ1v) is 6.28. The summed E-state index contributed by atoms with van der Waals surface area (Å²) in [6, 6.07) is -0.591. The van der Waals surface area contributed by atoms with Crippen molar-refractivity contribution in [1.29, 1.82) is 0 Å². The van der Waals surface area contributed by atoms with Crippen molar-refractivity contribution in [3.8, 4) is 0 Å². The third-order valence-corrected chi connectivity index (χ3v) is 4.14. The fourth-order valence-corrected chi connectivity index (χ4v) is 3.09. The third-order valence-electron chi connectivity index (χ3n) is 1.82. The van der Waals surface area contributed by atoms with Gasteiger partial charge in [-0.05, 0) is 13.8 Å². The van der Waals surface area contributed by atoms with Gasteiger partial charge in [0.2, 0.25) is 0 Å². The van der Waals surface area contributed by atoms with Crippen LogP contribution >= 0.6 is 7.60 Å². The van der Waals surface area contributed by atoms with Gasteiger partial charge in [-0.25, -0.2) is 4.79 Å². The Bertz CT molecular complexity index is 275. The summed E-state index contributed by atoms with van der Waals surface area (Å²) in [5, 5.41) is 13.9. The molecular weight excluding hydrogens is 223 g/mol. The molecule has 0 unspecified atom stereocenters. The molecule has 15 heavy (non-hydrogen) atoms. The van der Waals surface area contributed by atoms with E-state index < -0.39 is 25.6 Å². The molecule has 0 bridgehead atoms. The lowest BCUT2D eigenvalue weighted by molar-refractivity contribution is 0.136. The molecule has 0 aromatic rings. The van der Waals surface area contributed by atoms with Gasteiger partial charge in [-0.2, -0.15) is 0 Å². The van der Waals surface area contributed by atoms with Crippen molar-refractivity contribution in [2.24, 2.45) is 0 Å². The number of carbonyl (C=O) groups excluding carboxylic acids is 1. The van der Waals surface area contributed by atoms with E-state index >= 15 is 0 Å². The van der Waals surface area contributed by atoms with Crippen LogP contribution in [0.5, 0.6) is 0 Å². The summed E-state index contributed by atoms with van der Waals surface area (Å²) >= 11 is 0. The molecule has 7 nitrogen and oxygen atoms in total. The van der Waals surface area contributed by atoms with Crippen LogP contribution in [0.2, 0.25) is 0 Å². The molecule has 1 fully saturated rings. The van der Waals surface area contributed by atoms with Crippen molar-refractivity contribution in [1.82, 2.24) is 10.6 Å². The first-order valence-electron chi connectivity index (χ1n) is 4.67. The molecule has 1 saturated heterocycles. The summed E-state index contributed by atoms with van der Waals surface area (Å²) in [6.07, 6.45) is -1.26. The average molecular weight is 238 g/mol. The van der Waals surface area contributed by atoms with Gasteiger partial charge in [0.1, 0.15) is 0 Å². The van der Waals surface area contributed by atoms with E-state index in [0.717, 1.165) is 0 Å². The second-order valence-electron chi connectivity index (χ2n) is 2.88. The molecule has 0 spiro atoms. The number of aliphatic hydroxyl groups is 1. The van der Waals surface area contributed by atoms with E-state index in [0.29, 0.717) is 0 Å². The van der Waals surface area contributed by atoms with Crippen molar-refractivity contribution in [2.45, 2.75) is 25.9 Å². The smallest absolute Gasteiger partial charge is 0.357 e. The summed E-state index contributed by atoms with van der Waals surface area (Å²) < 4.78 is 22.1. The summed E-state index contributed by atoms with van der Waals surface area (Å²) in [4.78, 5) is 10.9. The van der Waals surface area contributed by atoms with Gasteiger partial charge < -0.3 is 24.8 Å². The van der Waals surface area contributed by atoms with Crippen LogP contribution in [0.4, 0.5) is 4.79 Å².